The highest BCUT2D eigenvalue weighted by Gasteiger charge is 2.09. The Bertz CT molecular complexity index is 861. The van der Waals surface area contributed by atoms with Gasteiger partial charge in [0.1, 0.15) is 5.75 Å². The van der Waals surface area contributed by atoms with Gasteiger partial charge in [0.05, 0.1) is 13.4 Å². The number of benzene rings is 2. The van der Waals surface area contributed by atoms with Crippen molar-refractivity contribution >= 4 is 23.3 Å². The molecule has 0 unspecified atom stereocenters. The molecule has 0 spiro atoms. The molecule has 0 saturated heterocycles. The fraction of sp³-hybridized carbons (Fsp3) is 0.111. The predicted octanol–water partition coefficient (Wildman–Crippen LogP) is 3.85. The topological polar surface area (TPSA) is 56.1 Å². The van der Waals surface area contributed by atoms with Gasteiger partial charge in [-0.2, -0.15) is 0 Å². The van der Waals surface area contributed by atoms with E-state index in [-0.39, 0.29) is 5.91 Å². The van der Waals surface area contributed by atoms with Crippen molar-refractivity contribution in [1.29, 1.82) is 0 Å². The molecule has 5 nitrogen and oxygen atoms in total. The van der Waals surface area contributed by atoms with Gasteiger partial charge in [0, 0.05) is 23.3 Å². The van der Waals surface area contributed by atoms with Gasteiger partial charge < -0.3 is 14.6 Å². The fourth-order valence-corrected chi connectivity index (χ4v) is 2.52. The van der Waals surface area contributed by atoms with Crippen molar-refractivity contribution in [3.8, 4) is 5.75 Å². The zero-order valence-electron chi connectivity index (χ0n) is 13.1. The number of imidazole rings is 1. The van der Waals surface area contributed by atoms with Crippen LogP contribution in [0.1, 0.15) is 15.9 Å². The van der Waals surface area contributed by atoms with Crippen molar-refractivity contribution in [3.63, 3.8) is 0 Å². The number of aromatic nitrogens is 2. The van der Waals surface area contributed by atoms with Gasteiger partial charge in [-0.1, -0.05) is 29.8 Å². The van der Waals surface area contributed by atoms with Gasteiger partial charge in [0.15, 0.2) is 5.82 Å². The number of amides is 1. The molecule has 122 valence electrons. The van der Waals surface area contributed by atoms with Crippen LogP contribution >= 0.6 is 11.6 Å². The Balaban J connectivity index is 1.68. The number of ether oxygens (including phenoxy) is 1. The number of hydrogen-bond donors (Lipinski definition) is 1. The van der Waals surface area contributed by atoms with Crippen LogP contribution in [0.5, 0.6) is 5.75 Å². The van der Waals surface area contributed by atoms with Crippen molar-refractivity contribution in [2.75, 3.05) is 12.4 Å². The van der Waals surface area contributed by atoms with E-state index in [1.165, 1.54) is 0 Å². The molecule has 6 heteroatoms. The summed E-state index contributed by atoms with van der Waals surface area (Å²) in [4.78, 5) is 16.5. The van der Waals surface area contributed by atoms with Crippen LogP contribution in [0, 0.1) is 0 Å². The van der Waals surface area contributed by atoms with Crippen LogP contribution in [0.4, 0.5) is 5.82 Å². The van der Waals surface area contributed by atoms with Crippen LogP contribution in [0.2, 0.25) is 5.02 Å². The molecule has 1 aromatic heterocycles. The standard InChI is InChI=1S/C18H16ClN3O2/c1-24-16-7-3-5-14(9-16)18(23)21-17-11-22(12-20-17)10-13-4-2-6-15(19)8-13/h2-9,11-12H,10H2,1H3,(H,21,23). The van der Waals surface area contributed by atoms with Crippen LogP contribution in [-0.2, 0) is 6.54 Å². The van der Waals surface area contributed by atoms with Crippen LogP contribution in [0.3, 0.4) is 0 Å². The summed E-state index contributed by atoms with van der Waals surface area (Å²) < 4.78 is 7.01. The zero-order chi connectivity index (χ0) is 16.9. The smallest absolute Gasteiger partial charge is 0.256 e. The third-order valence-corrected chi connectivity index (χ3v) is 3.70. The molecule has 1 amide bonds. The lowest BCUT2D eigenvalue weighted by Crippen LogP contribution is -2.12. The number of halogens is 1. The number of methoxy groups -OCH3 is 1. The third-order valence-electron chi connectivity index (χ3n) is 3.46. The van der Waals surface area contributed by atoms with Gasteiger partial charge in [-0.15, -0.1) is 0 Å². The maximum atomic E-state index is 12.3. The summed E-state index contributed by atoms with van der Waals surface area (Å²) in [7, 11) is 1.56. The SMILES string of the molecule is COc1cccc(C(=O)Nc2cn(Cc3cccc(Cl)c3)cn2)c1. The largest absolute Gasteiger partial charge is 0.497 e. The summed E-state index contributed by atoms with van der Waals surface area (Å²) in [6.45, 7) is 0.628. The minimum absolute atomic E-state index is 0.234. The van der Waals surface area contributed by atoms with Crippen molar-refractivity contribution in [1.82, 2.24) is 9.55 Å². The highest BCUT2D eigenvalue weighted by molar-refractivity contribution is 6.30. The highest BCUT2D eigenvalue weighted by atomic mass is 35.5. The Morgan fingerprint density at radius 3 is 2.88 bits per heavy atom. The maximum absolute atomic E-state index is 12.3. The van der Waals surface area contributed by atoms with Crippen molar-refractivity contribution in [3.05, 3.63) is 77.2 Å². The lowest BCUT2D eigenvalue weighted by Gasteiger charge is -2.05. The maximum Gasteiger partial charge on any atom is 0.256 e. The average Bonchev–Trinajstić information content (AvgIpc) is 3.01. The Labute approximate surface area is 144 Å². The molecule has 2 aromatic carbocycles. The summed E-state index contributed by atoms with van der Waals surface area (Å²) in [6.07, 6.45) is 3.45. The first kappa shape index (κ1) is 16.1. The van der Waals surface area contributed by atoms with E-state index in [1.807, 2.05) is 28.8 Å². The number of carbonyl (C=O) groups is 1. The number of rotatable bonds is 5. The number of nitrogens with one attached hydrogen (secondary N) is 1. The molecule has 3 aromatic rings. The van der Waals surface area contributed by atoms with E-state index >= 15 is 0 Å². The van der Waals surface area contributed by atoms with Gasteiger partial charge in [-0.05, 0) is 35.9 Å². The highest BCUT2D eigenvalue weighted by Crippen LogP contribution is 2.15. The van der Waals surface area contributed by atoms with Crippen LogP contribution < -0.4 is 10.1 Å². The van der Waals surface area contributed by atoms with Gasteiger partial charge in [-0.25, -0.2) is 4.98 Å². The lowest BCUT2D eigenvalue weighted by atomic mass is 10.2. The molecule has 0 aliphatic carbocycles. The Morgan fingerprint density at radius 1 is 1.25 bits per heavy atom. The monoisotopic (exact) mass is 341 g/mol. The number of nitrogens with zero attached hydrogens (tertiary/aromatic N) is 2. The van der Waals surface area contributed by atoms with Gasteiger partial charge in [0.25, 0.3) is 5.91 Å². The average molecular weight is 342 g/mol. The molecule has 1 N–H and O–H groups in total. The lowest BCUT2D eigenvalue weighted by molar-refractivity contribution is 0.102. The van der Waals surface area contributed by atoms with E-state index in [4.69, 9.17) is 16.3 Å². The summed E-state index contributed by atoms with van der Waals surface area (Å²) >= 11 is 5.99. The molecule has 1 heterocycles. The molecule has 0 fully saturated rings. The molecule has 0 saturated carbocycles. The van der Waals surface area contributed by atoms with E-state index in [0.29, 0.717) is 28.7 Å². The number of anilines is 1. The van der Waals surface area contributed by atoms with Crippen molar-refractivity contribution in [2.24, 2.45) is 0 Å². The molecule has 0 aliphatic rings. The van der Waals surface area contributed by atoms with E-state index in [9.17, 15) is 4.79 Å². The quantitative estimate of drug-likeness (QED) is 0.767. The van der Waals surface area contributed by atoms with Crippen molar-refractivity contribution in [2.45, 2.75) is 6.54 Å². The molecule has 3 rings (SSSR count). The second kappa shape index (κ2) is 7.19. The van der Waals surface area contributed by atoms with Crippen LogP contribution in [0.25, 0.3) is 0 Å². The summed E-state index contributed by atoms with van der Waals surface area (Å²) in [6, 6.07) is 14.6. The second-order valence-electron chi connectivity index (χ2n) is 5.25. The zero-order valence-corrected chi connectivity index (χ0v) is 13.8. The first-order valence-corrected chi connectivity index (χ1v) is 7.73. The third kappa shape index (κ3) is 3.94. The van der Waals surface area contributed by atoms with E-state index < -0.39 is 0 Å². The predicted molar refractivity (Wildman–Crippen MR) is 93.7 cm³/mol. The van der Waals surface area contributed by atoms with E-state index in [1.54, 1.807) is 43.9 Å². The molecule has 0 atom stereocenters. The van der Waals surface area contributed by atoms with Crippen LogP contribution in [0.15, 0.2) is 61.1 Å². The van der Waals surface area contributed by atoms with Gasteiger partial charge >= 0.3 is 0 Å². The molecular formula is C18H16ClN3O2. The Morgan fingerprint density at radius 2 is 2.08 bits per heavy atom. The van der Waals surface area contributed by atoms with Gasteiger partial charge in [-0.3, -0.25) is 4.79 Å². The van der Waals surface area contributed by atoms with Crippen molar-refractivity contribution < 1.29 is 9.53 Å². The molecule has 0 bridgehead atoms. The van der Waals surface area contributed by atoms with Crippen LogP contribution in [-0.4, -0.2) is 22.6 Å². The molecular weight excluding hydrogens is 326 g/mol. The minimum Gasteiger partial charge on any atom is -0.497 e. The normalized spacial score (nSPS) is 10.4. The first-order chi connectivity index (χ1) is 11.6. The molecule has 0 radical (unpaired) electrons. The van der Waals surface area contributed by atoms with Gasteiger partial charge in [0.2, 0.25) is 0 Å². The molecule has 0 aliphatic heterocycles. The summed E-state index contributed by atoms with van der Waals surface area (Å²) in [5, 5.41) is 3.47. The minimum atomic E-state index is -0.234. The summed E-state index contributed by atoms with van der Waals surface area (Å²) in [5.41, 5.74) is 1.57. The Hall–Kier alpha value is -2.79. The van der Waals surface area contributed by atoms with E-state index in [0.717, 1.165) is 5.56 Å². The number of carbonyl (C=O) groups excluding carboxylic acids is 1. The van der Waals surface area contributed by atoms with E-state index in [2.05, 4.69) is 10.3 Å². The molecule has 24 heavy (non-hydrogen) atoms. The fourth-order valence-electron chi connectivity index (χ4n) is 2.31. The number of hydrogen-bond acceptors (Lipinski definition) is 3. The first-order valence-electron chi connectivity index (χ1n) is 7.35. The summed E-state index contributed by atoms with van der Waals surface area (Å²) in [5.74, 6) is 0.890. The second-order valence-corrected chi connectivity index (χ2v) is 5.68. The Kier molecular flexibility index (Phi) is 4.82.